The van der Waals surface area contributed by atoms with Crippen molar-refractivity contribution in [3.05, 3.63) is 76.3 Å². The Hall–Kier alpha value is -3.72. The Morgan fingerprint density at radius 1 is 1.06 bits per heavy atom. The number of aromatic nitrogens is 1. The molecule has 176 valence electrons. The minimum absolute atomic E-state index is 0.0587. The number of amides is 3. The monoisotopic (exact) mass is 477 g/mol. The first-order valence-corrected chi connectivity index (χ1v) is 11.9. The summed E-state index contributed by atoms with van der Waals surface area (Å²) in [6.45, 7) is 1.96. The molecule has 5 N–H and O–H groups in total. The number of nitrogens with two attached hydrogens (primary N) is 2. The molecule has 9 heteroatoms. The molecular weight excluding hydrogens is 450 g/mol. The van der Waals surface area contributed by atoms with E-state index in [9.17, 15) is 14.4 Å². The highest BCUT2D eigenvalue weighted by Crippen LogP contribution is 2.33. The maximum absolute atomic E-state index is 13.9. The fraction of sp³-hybridized carbons (Fsp3) is 0.280. The minimum Gasteiger partial charge on any atom is -0.395 e. The summed E-state index contributed by atoms with van der Waals surface area (Å²) in [6.07, 6.45) is 3.95. The molecule has 8 nitrogen and oxygen atoms in total. The first-order valence-electron chi connectivity index (χ1n) is 11.2. The SMILES string of the molecule is Cc1ccc(C(C(=O)NC2CCCC2)N(C(=O)c2snc(C(N)=O)c2N)c2ccccc2)cc1. The number of para-hydroxylation sites is 1. The van der Waals surface area contributed by atoms with Crippen molar-refractivity contribution in [1.29, 1.82) is 0 Å². The first-order chi connectivity index (χ1) is 16.4. The number of nitrogens with one attached hydrogen (secondary N) is 1. The fourth-order valence-corrected chi connectivity index (χ4v) is 4.97. The predicted molar refractivity (Wildman–Crippen MR) is 133 cm³/mol. The number of carbonyl (C=O) groups is 3. The summed E-state index contributed by atoms with van der Waals surface area (Å²) < 4.78 is 3.98. The van der Waals surface area contributed by atoms with Crippen LogP contribution in [0, 0.1) is 6.92 Å². The van der Waals surface area contributed by atoms with Gasteiger partial charge in [0.2, 0.25) is 5.91 Å². The van der Waals surface area contributed by atoms with Crippen molar-refractivity contribution in [2.24, 2.45) is 5.73 Å². The molecule has 0 saturated heterocycles. The molecule has 1 fully saturated rings. The zero-order valence-corrected chi connectivity index (χ0v) is 19.7. The highest BCUT2D eigenvalue weighted by Gasteiger charge is 2.36. The summed E-state index contributed by atoms with van der Waals surface area (Å²) in [5, 5.41) is 3.14. The third kappa shape index (κ3) is 4.79. The Balaban J connectivity index is 1.82. The van der Waals surface area contributed by atoms with Crippen molar-refractivity contribution < 1.29 is 14.4 Å². The summed E-state index contributed by atoms with van der Waals surface area (Å²) >= 11 is 0.797. The molecule has 1 aliphatic carbocycles. The molecule has 4 rings (SSSR count). The van der Waals surface area contributed by atoms with Gasteiger partial charge in [0.1, 0.15) is 10.9 Å². The molecule has 1 aromatic heterocycles. The Kier molecular flexibility index (Phi) is 6.93. The number of nitrogens with zero attached hydrogens (tertiary/aromatic N) is 2. The van der Waals surface area contributed by atoms with Gasteiger partial charge in [-0.1, -0.05) is 60.9 Å². The molecule has 3 aromatic rings. The minimum atomic E-state index is -0.949. The van der Waals surface area contributed by atoms with Crippen LogP contribution in [0.5, 0.6) is 0 Å². The van der Waals surface area contributed by atoms with E-state index in [1.165, 1.54) is 4.90 Å². The van der Waals surface area contributed by atoms with Crippen molar-refractivity contribution in [3.8, 4) is 0 Å². The van der Waals surface area contributed by atoms with E-state index in [-0.39, 0.29) is 28.2 Å². The second kappa shape index (κ2) is 10.0. The molecule has 1 unspecified atom stereocenters. The number of primary amides is 1. The Morgan fingerprint density at radius 3 is 2.29 bits per heavy atom. The van der Waals surface area contributed by atoms with E-state index < -0.39 is 17.9 Å². The molecule has 0 bridgehead atoms. The van der Waals surface area contributed by atoms with Crippen LogP contribution in [0.3, 0.4) is 0 Å². The summed E-state index contributed by atoms with van der Waals surface area (Å²) in [7, 11) is 0. The first kappa shape index (κ1) is 23.4. The van der Waals surface area contributed by atoms with Crippen LogP contribution in [0.4, 0.5) is 11.4 Å². The van der Waals surface area contributed by atoms with Crippen molar-refractivity contribution >= 4 is 40.6 Å². The highest BCUT2D eigenvalue weighted by molar-refractivity contribution is 7.09. The van der Waals surface area contributed by atoms with Gasteiger partial charge < -0.3 is 16.8 Å². The normalized spacial score (nSPS) is 14.5. The third-order valence-corrected chi connectivity index (χ3v) is 6.86. The van der Waals surface area contributed by atoms with Gasteiger partial charge in [-0.15, -0.1) is 0 Å². The Labute approximate surface area is 202 Å². The Morgan fingerprint density at radius 2 is 1.71 bits per heavy atom. The summed E-state index contributed by atoms with van der Waals surface area (Å²) in [5.74, 6) is -1.61. The van der Waals surface area contributed by atoms with Gasteiger partial charge in [-0.2, -0.15) is 4.37 Å². The van der Waals surface area contributed by atoms with Gasteiger partial charge in [0.25, 0.3) is 11.8 Å². The lowest BCUT2D eigenvalue weighted by Crippen LogP contribution is -2.46. The van der Waals surface area contributed by atoms with E-state index in [2.05, 4.69) is 9.69 Å². The number of nitrogen functional groups attached to an aromatic ring is 1. The number of rotatable bonds is 7. The van der Waals surface area contributed by atoms with Gasteiger partial charge >= 0.3 is 0 Å². The number of hydrogen-bond donors (Lipinski definition) is 3. The molecule has 2 aromatic carbocycles. The molecule has 1 aliphatic rings. The van der Waals surface area contributed by atoms with Gasteiger partial charge in [-0.05, 0) is 49.0 Å². The predicted octanol–water partition coefficient (Wildman–Crippen LogP) is 3.58. The average molecular weight is 478 g/mol. The van der Waals surface area contributed by atoms with Crippen LogP contribution < -0.4 is 21.7 Å². The van der Waals surface area contributed by atoms with Gasteiger partial charge in [-0.3, -0.25) is 19.3 Å². The molecule has 3 amide bonds. The van der Waals surface area contributed by atoms with Crippen molar-refractivity contribution in [1.82, 2.24) is 9.69 Å². The number of aryl methyl sites for hydroxylation is 1. The lowest BCUT2D eigenvalue weighted by molar-refractivity contribution is -0.123. The second-order valence-electron chi connectivity index (χ2n) is 8.45. The van der Waals surface area contributed by atoms with Crippen molar-refractivity contribution in [2.45, 2.75) is 44.7 Å². The van der Waals surface area contributed by atoms with Crippen LogP contribution in [-0.2, 0) is 4.79 Å². The lowest BCUT2D eigenvalue weighted by Gasteiger charge is -2.32. The quantitative estimate of drug-likeness (QED) is 0.479. The van der Waals surface area contributed by atoms with E-state index in [4.69, 9.17) is 11.5 Å². The van der Waals surface area contributed by atoms with Gasteiger partial charge in [0.15, 0.2) is 5.69 Å². The van der Waals surface area contributed by atoms with E-state index >= 15 is 0 Å². The average Bonchev–Trinajstić information content (AvgIpc) is 3.48. The Bertz CT molecular complexity index is 1190. The molecular formula is C25H27N5O3S. The van der Waals surface area contributed by atoms with Crippen molar-refractivity contribution in [3.63, 3.8) is 0 Å². The van der Waals surface area contributed by atoms with Crippen LogP contribution in [0.15, 0.2) is 54.6 Å². The van der Waals surface area contributed by atoms with Crippen LogP contribution in [0.25, 0.3) is 0 Å². The summed E-state index contributed by atoms with van der Waals surface area (Å²) in [4.78, 5) is 40.8. The third-order valence-electron chi connectivity index (χ3n) is 6.01. The summed E-state index contributed by atoms with van der Waals surface area (Å²) in [6, 6.07) is 15.6. The van der Waals surface area contributed by atoms with Crippen LogP contribution >= 0.6 is 11.5 Å². The number of carbonyl (C=O) groups excluding carboxylic acids is 3. The van der Waals surface area contributed by atoms with Crippen LogP contribution in [-0.4, -0.2) is 28.1 Å². The standard InChI is InChI=1S/C25H27N5O3S/c1-15-11-13-16(14-12-15)21(24(32)28-17-7-5-6-8-17)30(18-9-3-2-4-10-18)25(33)22-19(26)20(23(27)31)29-34-22/h2-4,9-14,17,21H,5-8,26H2,1H3,(H2,27,31)(H,28,32). The van der Waals surface area contributed by atoms with E-state index in [0.29, 0.717) is 11.3 Å². The zero-order valence-electron chi connectivity index (χ0n) is 18.9. The molecule has 1 saturated carbocycles. The molecule has 0 spiro atoms. The second-order valence-corrected chi connectivity index (χ2v) is 9.23. The lowest BCUT2D eigenvalue weighted by atomic mass is 10.0. The van der Waals surface area contributed by atoms with Crippen LogP contribution in [0.2, 0.25) is 0 Å². The number of anilines is 2. The summed E-state index contributed by atoms with van der Waals surface area (Å²) in [5.41, 5.74) is 13.4. The van der Waals surface area contributed by atoms with Gasteiger partial charge in [0.05, 0.1) is 5.69 Å². The van der Waals surface area contributed by atoms with Crippen LogP contribution in [0.1, 0.15) is 63.0 Å². The van der Waals surface area contributed by atoms with Gasteiger partial charge in [-0.25, -0.2) is 0 Å². The maximum Gasteiger partial charge on any atom is 0.273 e. The maximum atomic E-state index is 13.9. The molecule has 1 atom stereocenters. The molecule has 0 aliphatic heterocycles. The number of hydrogen-bond acceptors (Lipinski definition) is 6. The van der Waals surface area contributed by atoms with E-state index in [1.807, 2.05) is 37.3 Å². The number of benzene rings is 2. The van der Waals surface area contributed by atoms with E-state index in [0.717, 1.165) is 42.8 Å². The van der Waals surface area contributed by atoms with E-state index in [1.54, 1.807) is 24.3 Å². The van der Waals surface area contributed by atoms with Gasteiger partial charge in [0, 0.05) is 11.7 Å². The largest absolute Gasteiger partial charge is 0.395 e. The topological polar surface area (TPSA) is 131 Å². The fourth-order valence-electron chi connectivity index (χ4n) is 4.23. The zero-order chi connectivity index (χ0) is 24.2. The van der Waals surface area contributed by atoms with Crippen molar-refractivity contribution in [2.75, 3.05) is 10.6 Å². The molecule has 34 heavy (non-hydrogen) atoms. The smallest absolute Gasteiger partial charge is 0.273 e. The molecule has 1 heterocycles. The highest BCUT2D eigenvalue weighted by atomic mass is 32.1. The molecule has 0 radical (unpaired) electrons.